The summed E-state index contributed by atoms with van der Waals surface area (Å²) in [6.07, 6.45) is -1.62. The Morgan fingerprint density at radius 1 is 0.548 bits per heavy atom. The van der Waals surface area contributed by atoms with Crippen molar-refractivity contribution in [2.45, 2.75) is 31.7 Å². The molecule has 4 atom stereocenters. The number of rotatable bonds is 22. The Morgan fingerprint density at radius 2 is 1.04 bits per heavy atom. The molecule has 1 aliphatic rings. The van der Waals surface area contributed by atoms with Crippen molar-refractivity contribution in [3.05, 3.63) is 216 Å². The van der Waals surface area contributed by atoms with Crippen LogP contribution in [0.15, 0.2) is 194 Å². The van der Waals surface area contributed by atoms with Crippen molar-refractivity contribution in [1.82, 2.24) is 0 Å². The van der Waals surface area contributed by atoms with Crippen LogP contribution in [0.2, 0.25) is 0 Å². The molecule has 0 radical (unpaired) electrons. The number of aliphatic hydroxyl groups excluding tert-OH is 4. The van der Waals surface area contributed by atoms with E-state index in [0.29, 0.717) is 45.4 Å². The normalized spacial score (nSPS) is 14.7. The van der Waals surface area contributed by atoms with Crippen molar-refractivity contribution in [2.75, 3.05) is 48.8 Å². The lowest BCUT2D eigenvalue weighted by Gasteiger charge is -2.34. The zero-order valence-electron chi connectivity index (χ0n) is 40.1. The van der Waals surface area contributed by atoms with Gasteiger partial charge in [-0.2, -0.15) is 0 Å². The van der Waals surface area contributed by atoms with Gasteiger partial charge in [-0.1, -0.05) is 120 Å². The Balaban J connectivity index is 1.05. The predicted molar refractivity (Wildman–Crippen MR) is 288 cm³/mol. The van der Waals surface area contributed by atoms with Crippen LogP contribution >= 0.6 is 15.2 Å². The molecule has 9 rings (SSSR count). The van der Waals surface area contributed by atoms with Crippen LogP contribution in [0.1, 0.15) is 22.3 Å². The van der Waals surface area contributed by atoms with E-state index in [1.165, 1.54) is 0 Å². The fraction of sp³-hybridized carbons (Fsp3) is 0.186. The molecule has 12 nitrogen and oxygen atoms in total. The Labute approximate surface area is 426 Å². The first-order valence-corrected chi connectivity index (χ1v) is 27.3. The summed E-state index contributed by atoms with van der Waals surface area (Å²) < 4.78 is 48.8. The van der Waals surface area contributed by atoms with Crippen molar-refractivity contribution in [2.24, 2.45) is 0 Å². The molecule has 0 aromatic heterocycles. The number of nitrogens with zero attached hydrogens (tertiary/aromatic N) is 2. The van der Waals surface area contributed by atoms with E-state index in [0.717, 1.165) is 44.8 Å². The highest BCUT2D eigenvalue weighted by Crippen LogP contribution is 2.55. The molecule has 73 heavy (non-hydrogen) atoms. The Bertz CT molecular complexity index is 3210. The molecule has 0 saturated heterocycles. The lowest BCUT2D eigenvalue weighted by atomic mass is 9.99. The third kappa shape index (κ3) is 12.2. The molecule has 1 aliphatic heterocycles. The number of hydrogen-bond acceptors (Lipinski definition) is 12. The maximum absolute atomic E-state index is 15.4. The first kappa shape index (κ1) is 50.7. The lowest BCUT2D eigenvalue weighted by Crippen LogP contribution is -2.31. The van der Waals surface area contributed by atoms with E-state index in [2.05, 4.69) is 0 Å². The van der Waals surface area contributed by atoms with E-state index >= 15 is 4.57 Å². The van der Waals surface area contributed by atoms with Crippen molar-refractivity contribution in [3.8, 4) is 45.3 Å². The molecular formula is C59H57N2O10P2+. The summed E-state index contributed by atoms with van der Waals surface area (Å²) in [6.45, 7) is -0.762. The maximum atomic E-state index is 15.4. The molecule has 8 aromatic rings. The molecule has 0 fully saturated rings. The van der Waals surface area contributed by atoms with Gasteiger partial charge in [0.15, 0.2) is 5.30 Å². The molecule has 0 amide bonds. The summed E-state index contributed by atoms with van der Waals surface area (Å²) in [5.74, 6) is 1.61. The number of benzene rings is 8. The second-order valence-corrected chi connectivity index (χ2v) is 21.7. The summed E-state index contributed by atoms with van der Waals surface area (Å²) in [5, 5.41) is 52.1. The third-order valence-electron chi connectivity index (χ3n) is 12.6. The average Bonchev–Trinajstić information content (AvgIpc) is 3.42. The fourth-order valence-electron chi connectivity index (χ4n) is 9.02. The second-order valence-electron chi connectivity index (χ2n) is 17.9. The minimum Gasteiger partial charge on any atom is -0.507 e. The zero-order valence-corrected chi connectivity index (χ0v) is 41.8. The molecule has 0 spiro atoms. The monoisotopic (exact) mass is 1020 g/mol. The summed E-state index contributed by atoms with van der Waals surface area (Å²) in [5.41, 5.74) is 7.95. The summed E-state index contributed by atoms with van der Waals surface area (Å²) in [6, 6.07) is 60.7. The topological polar surface area (TPSA) is 169 Å². The van der Waals surface area contributed by atoms with Crippen LogP contribution in [0.25, 0.3) is 22.3 Å². The van der Waals surface area contributed by atoms with Crippen LogP contribution in [0.5, 0.6) is 23.0 Å². The fourth-order valence-corrected chi connectivity index (χ4v) is 12.8. The van der Waals surface area contributed by atoms with E-state index in [1.54, 1.807) is 18.2 Å². The first-order valence-electron chi connectivity index (χ1n) is 24.1. The summed E-state index contributed by atoms with van der Waals surface area (Å²) >= 11 is 0. The highest BCUT2D eigenvalue weighted by atomic mass is 31.2. The molecule has 1 heterocycles. The summed E-state index contributed by atoms with van der Waals surface area (Å²) in [7, 11) is -5.64. The third-order valence-corrected chi connectivity index (χ3v) is 16.5. The molecule has 0 saturated carbocycles. The van der Waals surface area contributed by atoms with Crippen molar-refractivity contribution in [1.29, 1.82) is 0 Å². The largest absolute Gasteiger partial charge is 0.507 e. The number of anilines is 2. The van der Waals surface area contributed by atoms with E-state index in [-0.39, 0.29) is 44.6 Å². The predicted octanol–water partition coefficient (Wildman–Crippen LogP) is 9.86. The van der Waals surface area contributed by atoms with Crippen LogP contribution in [-0.2, 0) is 28.6 Å². The molecule has 372 valence electrons. The Kier molecular flexibility index (Phi) is 16.3. The van der Waals surface area contributed by atoms with Gasteiger partial charge in [0.05, 0.1) is 25.1 Å². The number of aromatic hydroxyl groups is 1. The molecule has 0 aliphatic carbocycles. The van der Waals surface area contributed by atoms with Gasteiger partial charge in [-0.25, -0.2) is 0 Å². The number of aliphatic hydroxyl groups is 4. The van der Waals surface area contributed by atoms with E-state index in [9.17, 15) is 30.1 Å². The first-order chi connectivity index (χ1) is 35.6. The highest BCUT2D eigenvalue weighted by molar-refractivity contribution is 7.67. The van der Waals surface area contributed by atoms with Gasteiger partial charge < -0.3 is 49.3 Å². The summed E-state index contributed by atoms with van der Waals surface area (Å²) in [4.78, 5) is 4.05. The standard InChI is InChI=1S/C59H56N2O10P2/c62-36-48(64)38-69-55-29-27-42(32-44(55)34-60(46-15-3-1-4-16-46)40-72(67)58-25-13-9-21-52(58)50-19-7-11-23-54(50)66)31-43-28-30-56(70-39-49(65)37-63)45(33-43)35-61(47-17-5-2-6-18-47)41-73(68)59-26-14-10-22-53(59)51-20-8-12-24-57(51)71-73/h1-30,32-33,48-49,62-65H,31,34-41H2/p+1. The van der Waals surface area contributed by atoms with Crippen molar-refractivity contribution < 1.29 is 48.7 Å². The molecule has 0 bridgehead atoms. The van der Waals surface area contributed by atoms with Gasteiger partial charge in [0, 0.05) is 45.7 Å². The van der Waals surface area contributed by atoms with Crippen molar-refractivity contribution in [3.63, 3.8) is 0 Å². The molecular weight excluding hydrogens is 959 g/mol. The van der Waals surface area contributed by atoms with Crippen LogP contribution in [0.4, 0.5) is 11.4 Å². The van der Waals surface area contributed by atoms with Gasteiger partial charge >= 0.3 is 7.80 Å². The smallest absolute Gasteiger partial charge is 0.399 e. The quantitative estimate of drug-likeness (QED) is 0.0408. The lowest BCUT2D eigenvalue weighted by molar-refractivity contribution is 0.0533. The van der Waals surface area contributed by atoms with Gasteiger partial charge in [-0.3, -0.25) is 4.57 Å². The van der Waals surface area contributed by atoms with Gasteiger partial charge in [-0.05, 0) is 102 Å². The van der Waals surface area contributed by atoms with E-state index < -0.39 is 40.6 Å². The van der Waals surface area contributed by atoms with Gasteiger partial charge in [-0.15, -0.1) is 0 Å². The highest BCUT2D eigenvalue weighted by Gasteiger charge is 2.38. The van der Waals surface area contributed by atoms with Gasteiger partial charge in [0.25, 0.3) is 7.37 Å². The maximum Gasteiger partial charge on any atom is 0.399 e. The average molecular weight is 1020 g/mol. The minimum absolute atomic E-state index is 0.0326. The number of ether oxygens (including phenoxy) is 2. The SMILES string of the molecule is O=[P+](CN(Cc1cc(Cc2ccc(OCC(O)CO)c(CN(CP3(=O)Oc4ccccc4-c4ccccc43)c3ccccc3)c2)ccc1OCC(O)CO)c1ccccc1)c1ccccc1-c1ccccc1O. The second kappa shape index (κ2) is 23.5. The van der Waals surface area contributed by atoms with E-state index in [1.807, 2.05) is 186 Å². The molecule has 8 aromatic carbocycles. The van der Waals surface area contributed by atoms with E-state index in [4.69, 9.17) is 14.0 Å². The minimum atomic E-state index is -3.58. The zero-order chi connectivity index (χ0) is 50.7. The van der Waals surface area contributed by atoms with Crippen LogP contribution in [-0.4, -0.2) is 76.7 Å². The number of phenols is 1. The van der Waals surface area contributed by atoms with Crippen molar-refractivity contribution >= 4 is 37.2 Å². The molecule has 14 heteroatoms. The van der Waals surface area contributed by atoms with Gasteiger partial charge in [0.2, 0.25) is 6.29 Å². The Morgan fingerprint density at radius 3 is 1.64 bits per heavy atom. The molecule has 4 unspecified atom stereocenters. The van der Waals surface area contributed by atoms with Gasteiger partial charge in [0.1, 0.15) is 54.7 Å². The van der Waals surface area contributed by atoms with Crippen LogP contribution < -0.4 is 34.4 Å². The van der Waals surface area contributed by atoms with Crippen LogP contribution in [0.3, 0.4) is 0 Å². The number of hydrogen-bond donors (Lipinski definition) is 5. The number of para-hydroxylation sites is 4. The Hall–Kier alpha value is -7.27. The number of fused-ring (bicyclic) bond motifs is 3. The molecule has 5 N–H and O–H groups in total. The van der Waals surface area contributed by atoms with Crippen LogP contribution in [0, 0.1) is 0 Å². The number of phenolic OH excluding ortho intramolecular Hbond substituents is 1.